The van der Waals surface area contributed by atoms with Crippen molar-refractivity contribution < 1.29 is 30.0 Å². The molecule has 5 atom stereocenters. The van der Waals surface area contributed by atoms with Crippen LogP contribution in [0.4, 0.5) is 0 Å². The number of phenols is 1. The zero-order valence-corrected chi connectivity index (χ0v) is 18.7. The third-order valence-electron chi connectivity index (χ3n) is 5.89. The highest BCUT2D eigenvalue weighted by Gasteiger charge is 2.43. The van der Waals surface area contributed by atoms with Gasteiger partial charge < -0.3 is 40.9 Å². The molecule has 35 heavy (non-hydrogen) atoms. The Bertz CT molecular complexity index is 1400. The van der Waals surface area contributed by atoms with Crippen LogP contribution >= 0.6 is 0 Å². The van der Waals surface area contributed by atoms with Crippen molar-refractivity contribution in [3.05, 3.63) is 53.0 Å². The van der Waals surface area contributed by atoms with E-state index in [1.54, 1.807) is 24.4 Å². The number of H-pyrrole nitrogens is 2. The van der Waals surface area contributed by atoms with Gasteiger partial charge in [0.25, 0.3) is 5.56 Å². The van der Waals surface area contributed by atoms with Gasteiger partial charge in [0.2, 0.25) is 0 Å². The largest absolute Gasteiger partial charge is 0.508 e. The molecule has 1 aromatic carbocycles. The van der Waals surface area contributed by atoms with Crippen molar-refractivity contribution >= 4 is 28.0 Å². The molecule has 8 N–H and O–H groups in total. The molecule has 0 saturated carbocycles. The van der Waals surface area contributed by atoms with E-state index < -0.39 is 36.6 Å². The number of aromatic hydroxyl groups is 1. The molecular weight excluding hydrogens is 460 g/mol. The minimum atomic E-state index is -1.08. The molecule has 3 aromatic heterocycles. The van der Waals surface area contributed by atoms with Crippen LogP contribution in [0.3, 0.4) is 0 Å². The minimum absolute atomic E-state index is 0.150. The van der Waals surface area contributed by atoms with E-state index in [2.05, 4.69) is 19.9 Å². The maximum Gasteiger partial charge on any atom is 0.320 e. The van der Waals surface area contributed by atoms with Crippen LogP contribution in [0.15, 0.2) is 41.8 Å². The van der Waals surface area contributed by atoms with Crippen LogP contribution in [0, 0.1) is 0 Å². The Labute approximate surface area is 197 Å². The first-order valence-corrected chi connectivity index (χ1v) is 10.9. The molecule has 0 amide bonds. The van der Waals surface area contributed by atoms with E-state index in [-0.39, 0.29) is 23.2 Å². The third kappa shape index (κ3) is 4.74. The number of nitrogens with zero attached hydrogens (tertiary/aromatic N) is 3. The Morgan fingerprint density at radius 3 is 2.71 bits per heavy atom. The normalized spacial score (nSPS) is 22.7. The zero-order chi connectivity index (χ0) is 25.3. The molecule has 0 spiro atoms. The molecule has 4 aromatic rings. The number of carbonyl (C=O) groups is 1. The number of benzene rings is 1. The average molecular weight is 486 g/mol. The van der Waals surface area contributed by atoms with Gasteiger partial charge >= 0.3 is 5.97 Å². The highest BCUT2D eigenvalue weighted by molar-refractivity contribution is 5.85. The van der Waals surface area contributed by atoms with E-state index >= 15 is 0 Å². The van der Waals surface area contributed by atoms with Crippen LogP contribution in [0.1, 0.15) is 25.1 Å². The van der Waals surface area contributed by atoms with E-state index in [0.29, 0.717) is 12.1 Å². The fourth-order valence-electron chi connectivity index (χ4n) is 4.01. The first kappa shape index (κ1) is 24.3. The molecule has 0 aliphatic carbocycles. The zero-order valence-electron chi connectivity index (χ0n) is 18.7. The highest BCUT2D eigenvalue weighted by Crippen LogP contribution is 2.32. The fourth-order valence-corrected chi connectivity index (χ4v) is 4.01. The van der Waals surface area contributed by atoms with Gasteiger partial charge in [0, 0.05) is 23.5 Å². The van der Waals surface area contributed by atoms with Crippen molar-refractivity contribution in [1.82, 2.24) is 24.5 Å². The molecule has 13 heteroatoms. The number of carboxylic acid groups (broad SMARTS) is 1. The number of aromatic amines is 2. The number of hydrogen-bond donors (Lipinski definition) is 7. The monoisotopic (exact) mass is 486 g/mol. The van der Waals surface area contributed by atoms with Crippen LogP contribution in [0.2, 0.25) is 0 Å². The second-order valence-corrected chi connectivity index (χ2v) is 8.20. The molecule has 13 nitrogen and oxygen atoms in total. The Morgan fingerprint density at radius 2 is 2.03 bits per heavy atom. The van der Waals surface area contributed by atoms with Crippen LogP contribution in [-0.4, -0.2) is 75.3 Å². The van der Waals surface area contributed by atoms with Gasteiger partial charge in [-0.3, -0.25) is 14.2 Å². The lowest BCUT2D eigenvalue weighted by Crippen LogP contribution is -2.32. The number of ether oxygens (including phenoxy) is 1. The van der Waals surface area contributed by atoms with E-state index in [4.69, 9.17) is 15.6 Å². The SMILES string of the molecule is CCC1OC(n2cnc3c(=O)[nH]cnc32)C(O)C1O.NC(Cc1c[nH]c2ccc(O)cc12)C(=O)O. The number of imidazole rings is 1. The standard InChI is InChI=1S/C11H14N4O4.C11H12N2O3/c1-2-5-7(16)8(17)11(19-5)15-4-14-6-9(15)12-3-13-10(6)18;12-9(11(15)16)3-6-5-13-10-2-1-7(14)4-8(6)10/h3-5,7-8,11,16-17H,2H2,1H3,(H,12,13,18);1-2,4-5,9,13-14H,3,12H2,(H,15,16). The maximum atomic E-state index is 11.5. The Hall–Kier alpha value is -3.78. The second-order valence-electron chi connectivity index (χ2n) is 8.20. The molecule has 1 fully saturated rings. The highest BCUT2D eigenvalue weighted by atomic mass is 16.6. The number of aliphatic hydroxyl groups excluding tert-OH is 2. The predicted octanol–water partition coefficient (Wildman–Crippen LogP) is -0.0233. The van der Waals surface area contributed by atoms with Gasteiger partial charge in [0.15, 0.2) is 17.4 Å². The number of rotatable bonds is 5. The summed E-state index contributed by atoms with van der Waals surface area (Å²) in [6.45, 7) is 1.86. The van der Waals surface area contributed by atoms with Crippen molar-refractivity contribution in [2.75, 3.05) is 0 Å². The fraction of sp³-hybridized carbons (Fsp3) is 0.364. The molecule has 1 aliphatic heterocycles. The Morgan fingerprint density at radius 1 is 1.26 bits per heavy atom. The molecular formula is C22H26N6O7. The van der Waals surface area contributed by atoms with Gasteiger partial charge in [-0.15, -0.1) is 0 Å². The second kappa shape index (κ2) is 9.84. The summed E-state index contributed by atoms with van der Waals surface area (Å²) in [5.41, 5.74) is 7.24. The molecule has 5 rings (SSSR count). The van der Waals surface area contributed by atoms with Crippen molar-refractivity contribution in [2.45, 2.75) is 50.3 Å². The lowest BCUT2D eigenvalue weighted by molar-refractivity contribution is -0.138. The number of aliphatic carboxylic acids is 1. The number of phenolic OH excluding ortho intramolecular Hbond substituents is 1. The molecule has 0 radical (unpaired) electrons. The average Bonchev–Trinajstić information content (AvgIpc) is 3.51. The van der Waals surface area contributed by atoms with Crippen molar-refractivity contribution in [1.29, 1.82) is 0 Å². The number of hydrogen-bond acceptors (Lipinski definition) is 9. The number of nitrogens with two attached hydrogens (primary N) is 1. The van der Waals surface area contributed by atoms with E-state index in [1.807, 2.05) is 6.92 Å². The lowest BCUT2D eigenvalue weighted by Gasteiger charge is -2.16. The van der Waals surface area contributed by atoms with Crippen molar-refractivity contribution in [2.24, 2.45) is 5.73 Å². The molecule has 4 heterocycles. The number of carboxylic acids is 1. The quantitative estimate of drug-likeness (QED) is 0.200. The number of nitrogens with one attached hydrogen (secondary N) is 2. The molecule has 1 aliphatic rings. The van der Waals surface area contributed by atoms with Gasteiger partial charge in [-0.25, -0.2) is 9.97 Å². The number of aromatic nitrogens is 5. The summed E-state index contributed by atoms with van der Waals surface area (Å²) >= 11 is 0. The van der Waals surface area contributed by atoms with Crippen molar-refractivity contribution in [3.63, 3.8) is 0 Å². The van der Waals surface area contributed by atoms with Gasteiger partial charge in [0.05, 0.1) is 18.8 Å². The smallest absolute Gasteiger partial charge is 0.320 e. The summed E-state index contributed by atoms with van der Waals surface area (Å²) in [6.07, 6.45) is 1.89. The first-order chi connectivity index (χ1) is 16.7. The van der Waals surface area contributed by atoms with Gasteiger partial charge in [0.1, 0.15) is 24.0 Å². The Balaban J connectivity index is 0.000000168. The van der Waals surface area contributed by atoms with E-state index in [0.717, 1.165) is 16.5 Å². The van der Waals surface area contributed by atoms with Crippen LogP contribution in [-0.2, 0) is 16.0 Å². The first-order valence-electron chi connectivity index (χ1n) is 10.9. The van der Waals surface area contributed by atoms with Gasteiger partial charge in [-0.1, -0.05) is 6.92 Å². The minimum Gasteiger partial charge on any atom is -0.508 e. The summed E-state index contributed by atoms with van der Waals surface area (Å²) in [5, 5.41) is 38.8. The Kier molecular flexibility index (Phi) is 6.84. The summed E-state index contributed by atoms with van der Waals surface area (Å²) in [7, 11) is 0. The number of aliphatic hydroxyl groups is 2. The van der Waals surface area contributed by atoms with Gasteiger partial charge in [-0.2, -0.15) is 0 Å². The summed E-state index contributed by atoms with van der Waals surface area (Å²) in [4.78, 5) is 35.6. The maximum absolute atomic E-state index is 11.5. The predicted molar refractivity (Wildman–Crippen MR) is 124 cm³/mol. The number of fused-ring (bicyclic) bond motifs is 2. The molecule has 5 unspecified atom stereocenters. The molecule has 186 valence electrons. The van der Waals surface area contributed by atoms with E-state index in [1.165, 1.54) is 17.2 Å². The topological polar surface area (TPSA) is 213 Å². The van der Waals surface area contributed by atoms with Crippen LogP contribution in [0.5, 0.6) is 5.75 Å². The van der Waals surface area contributed by atoms with Crippen LogP contribution < -0.4 is 11.3 Å². The summed E-state index contributed by atoms with van der Waals surface area (Å²) < 4.78 is 7.06. The molecule has 0 bridgehead atoms. The van der Waals surface area contributed by atoms with Crippen LogP contribution in [0.25, 0.3) is 22.1 Å². The third-order valence-corrected chi connectivity index (χ3v) is 5.89. The summed E-state index contributed by atoms with van der Waals surface area (Å²) in [5.74, 6) is -0.883. The summed E-state index contributed by atoms with van der Waals surface area (Å²) in [6, 6.07) is 3.97. The van der Waals surface area contributed by atoms with E-state index in [9.17, 15) is 24.9 Å². The lowest BCUT2D eigenvalue weighted by atomic mass is 10.1. The van der Waals surface area contributed by atoms with Crippen molar-refractivity contribution in [3.8, 4) is 5.75 Å². The van der Waals surface area contributed by atoms with Gasteiger partial charge in [-0.05, 0) is 30.2 Å². The molecule has 1 saturated heterocycles.